The van der Waals surface area contributed by atoms with Crippen molar-refractivity contribution in [3.8, 4) is 11.5 Å². The van der Waals surface area contributed by atoms with Crippen LogP contribution in [0.3, 0.4) is 0 Å². The number of aliphatic imine (C=N–C) groups is 1. The number of nitrogens with zero attached hydrogens (tertiary/aromatic N) is 1. The summed E-state index contributed by atoms with van der Waals surface area (Å²) in [5.41, 5.74) is 1.66. The average Bonchev–Trinajstić information content (AvgIpc) is 3.13. The van der Waals surface area contributed by atoms with Gasteiger partial charge in [0.2, 0.25) is 0 Å². The number of carbonyl (C=O) groups excluding carboxylic acids is 1. The molecule has 0 atom stereocenters. The Morgan fingerprint density at radius 2 is 1.97 bits per heavy atom. The highest BCUT2D eigenvalue weighted by molar-refractivity contribution is 9.10. The predicted molar refractivity (Wildman–Crippen MR) is 136 cm³/mol. The summed E-state index contributed by atoms with van der Waals surface area (Å²) in [5.74, 6) is 1.12. The average molecular weight is 511 g/mol. The van der Waals surface area contributed by atoms with Crippen LogP contribution in [0.5, 0.6) is 11.5 Å². The molecule has 0 saturated carbocycles. The lowest BCUT2D eigenvalue weighted by Crippen LogP contribution is -2.19. The van der Waals surface area contributed by atoms with E-state index in [1.54, 1.807) is 7.11 Å². The highest BCUT2D eigenvalue weighted by Gasteiger charge is 2.24. The van der Waals surface area contributed by atoms with Crippen LogP contribution in [0.2, 0.25) is 0 Å². The van der Waals surface area contributed by atoms with Crippen molar-refractivity contribution in [2.24, 2.45) is 4.99 Å². The fourth-order valence-corrected chi connectivity index (χ4v) is 4.74. The third kappa shape index (κ3) is 5.00. The number of hydrogen-bond acceptors (Lipinski definition) is 5. The van der Waals surface area contributed by atoms with Gasteiger partial charge in [-0.05, 0) is 69.3 Å². The van der Waals surface area contributed by atoms with Crippen molar-refractivity contribution in [3.63, 3.8) is 0 Å². The fourth-order valence-electron chi connectivity index (χ4n) is 3.33. The number of benzene rings is 3. The first kappa shape index (κ1) is 22.4. The van der Waals surface area contributed by atoms with Crippen LogP contribution < -0.4 is 14.8 Å². The molecule has 7 heteroatoms. The van der Waals surface area contributed by atoms with E-state index in [4.69, 9.17) is 9.47 Å². The van der Waals surface area contributed by atoms with Crippen LogP contribution in [0, 0.1) is 0 Å². The Hall–Kier alpha value is -2.77. The first-order valence-corrected chi connectivity index (χ1v) is 12.0. The molecule has 0 aromatic heterocycles. The molecule has 0 bridgehead atoms. The third-order valence-corrected chi connectivity index (χ3v) is 6.43. The molecule has 3 aromatic carbocycles. The van der Waals surface area contributed by atoms with Crippen LogP contribution in [0.1, 0.15) is 25.3 Å². The second-order valence-corrected chi connectivity index (χ2v) is 9.10. The van der Waals surface area contributed by atoms with E-state index in [1.807, 2.05) is 60.7 Å². The summed E-state index contributed by atoms with van der Waals surface area (Å²) in [6.07, 6.45) is 3.85. The molecule has 1 aliphatic heterocycles. The third-order valence-electron chi connectivity index (χ3n) is 4.93. The number of nitrogens with one attached hydrogen (secondary N) is 1. The Kier molecular flexibility index (Phi) is 7.17. The van der Waals surface area contributed by atoms with Gasteiger partial charge in [-0.25, -0.2) is 4.99 Å². The molecule has 0 radical (unpaired) electrons. The van der Waals surface area contributed by atoms with Crippen LogP contribution in [-0.4, -0.2) is 24.8 Å². The lowest BCUT2D eigenvalue weighted by atomic mass is 10.1. The number of ether oxygens (including phenoxy) is 2. The summed E-state index contributed by atoms with van der Waals surface area (Å²) in [5, 5.41) is 5.58. The van der Waals surface area contributed by atoms with Gasteiger partial charge in [0.15, 0.2) is 16.7 Å². The normalized spacial score (nSPS) is 16.0. The maximum atomic E-state index is 12.6. The molecule has 164 valence electrons. The number of unbranched alkanes of at least 4 members (excludes halogenated alkanes) is 1. The summed E-state index contributed by atoms with van der Waals surface area (Å²) in [6, 6.07) is 17.8. The van der Waals surface area contributed by atoms with Crippen LogP contribution in [0.25, 0.3) is 16.8 Å². The van der Waals surface area contributed by atoms with Crippen molar-refractivity contribution in [3.05, 3.63) is 69.5 Å². The summed E-state index contributed by atoms with van der Waals surface area (Å²) >= 11 is 4.89. The quantitative estimate of drug-likeness (QED) is 0.284. The van der Waals surface area contributed by atoms with Crippen molar-refractivity contribution >= 4 is 61.3 Å². The molecular weight excluding hydrogens is 488 g/mol. The molecule has 0 aliphatic carbocycles. The zero-order chi connectivity index (χ0) is 22.5. The standard InChI is InChI=1S/C25H23BrN2O3S/c1-3-4-12-31-23-19(26)13-16(14-21(23)30-2)15-22-24(29)28-25(32-22)27-20-11-7-9-17-8-5-6-10-18(17)20/h5-11,13-15H,3-4,12H2,1-2H3,(H,27,28,29)/b22-15-. The zero-order valence-corrected chi connectivity index (χ0v) is 20.3. The number of hydrogen-bond donors (Lipinski definition) is 1. The minimum absolute atomic E-state index is 0.174. The van der Waals surface area contributed by atoms with E-state index in [0.29, 0.717) is 28.2 Å². The molecule has 5 nitrogen and oxygen atoms in total. The number of amidine groups is 1. The van der Waals surface area contributed by atoms with E-state index < -0.39 is 0 Å². The number of methoxy groups -OCH3 is 1. The smallest absolute Gasteiger partial charge is 0.264 e. The molecule has 0 spiro atoms. The van der Waals surface area contributed by atoms with Crippen molar-refractivity contribution in [1.29, 1.82) is 0 Å². The summed E-state index contributed by atoms with van der Waals surface area (Å²) < 4.78 is 12.2. The lowest BCUT2D eigenvalue weighted by molar-refractivity contribution is -0.115. The molecule has 1 amide bonds. The lowest BCUT2D eigenvalue weighted by Gasteiger charge is -2.13. The second-order valence-electron chi connectivity index (χ2n) is 7.22. The minimum atomic E-state index is -0.174. The Balaban J connectivity index is 1.59. The van der Waals surface area contributed by atoms with Gasteiger partial charge in [-0.2, -0.15) is 0 Å². The molecule has 4 rings (SSSR count). The van der Waals surface area contributed by atoms with Crippen molar-refractivity contribution in [1.82, 2.24) is 5.32 Å². The molecule has 1 saturated heterocycles. The summed E-state index contributed by atoms with van der Waals surface area (Å²) in [6.45, 7) is 2.74. The molecule has 1 heterocycles. The monoisotopic (exact) mass is 510 g/mol. The van der Waals surface area contributed by atoms with E-state index in [0.717, 1.165) is 39.3 Å². The fraction of sp³-hybridized carbons (Fsp3) is 0.200. The van der Waals surface area contributed by atoms with Gasteiger partial charge in [-0.3, -0.25) is 4.79 Å². The number of carbonyl (C=O) groups is 1. The maximum absolute atomic E-state index is 12.6. The SMILES string of the molecule is CCCCOc1c(Br)cc(/C=C2\SC(=Nc3cccc4ccccc34)NC2=O)cc1OC. The van der Waals surface area contributed by atoms with Crippen LogP contribution >= 0.6 is 27.7 Å². The zero-order valence-electron chi connectivity index (χ0n) is 17.9. The van der Waals surface area contributed by atoms with Crippen molar-refractivity contribution < 1.29 is 14.3 Å². The molecule has 3 aromatic rings. The second kappa shape index (κ2) is 10.2. The molecule has 1 N–H and O–H groups in total. The van der Waals surface area contributed by atoms with Crippen LogP contribution in [0.15, 0.2) is 69.0 Å². The van der Waals surface area contributed by atoms with Crippen LogP contribution in [-0.2, 0) is 4.79 Å². The Labute approximate surface area is 200 Å². The summed E-state index contributed by atoms with van der Waals surface area (Å²) in [4.78, 5) is 17.8. The van der Waals surface area contributed by atoms with E-state index in [-0.39, 0.29) is 5.91 Å². The minimum Gasteiger partial charge on any atom is -0.493 e. The van der Waals surface area contributed by atoms with Gasteiger partial charge in [-0.15, -0.1) is 0 Å². The van der Waals surface area contributed by atoms with Crippen molar-refractivity contribution in [2.45, 2.75) is 19.8 Å². The number of thioether (sulfide) groups is 1. The van der Waals surface area contributed by atoms with Gasteiger partial charge in [-0.1, -0.05) is 49.7 Å². The first-order chi connectivity index (χ1) is 15.6. The van der Waals surface area contributed by atoms with E-state index in [9.17, 15) is 4.79 Å². The maximum Gasteiger partial charge on any atom is 0.264 e. The Morgan fingerprint density at radius 3 is 2.78 bits per heavy atom. The molecule has 32 heavy (non-hydrogen) atoms. The predicted octanol–water partition coefficient (Wildman–Crippen LogP) is 6.68. The van der Waals surface area contributed by atoms with Gasteiger partial charge in [0.1, 0.15) is 0 Å². The number of rotatable bonds is 7. The van der Waals surface area contributed by atoms with Crippen LogP contribution in [0.4, 0.5) is 5.69 Å². The highest BCUT2D eigenvalue weighted by Crippen LogP contribution is 2.38. The van der Waals surface area contributed by atoms with Gasteiger partial charge >= 0.3 is 0 Å². The summed E-state index contributed by atoms with van der Waals surface area (Å²) in [7, 11) is 1.61. The van der Waals surface area contributed by atoms with Gasteiger partial charge in [0, 0.05) is 5.39 Å². The van der Waals surface area contributed by atoms with Crippen molar-refractivity contribution in [2.75, 3.05) is 13.7 Å². The largest absolute Gasteiger partial charge is 0.493 e. The number of amides is 1. The van der Waals surface area contributed by atoms with Gasteiger partial charge < -0.3 is 14.8 Å². The van der Waals surface area contributed by atoms with E-state index in [1.165, 1.54) is 11.8 Å². The molecular formula is C25H23BrN2O3S. The number of halogens is 1. The highest BCUT2D eigenvalue weighted by atomic mass is 79.9. The molecule has 1 aliphatic rings. The topological polar surface area (TPSA) is 59.9 Å². The first-order valence-electron chi connectivity index (χ1n) is 10.4. The Morgan fingerprint density at radius 1 is 1.16 bits per heavy atom. The number of fused-ring (bicyclic) bond motifs is 1. The van der Waals surface area contributed by atoms with Gasteiger partial charge in [0.05, 0.1) is 28.8 Å². The Bertz CT molecular complexity index is 1220. The van der Waals surface area contributed by atoms with E-state index in [2.05, 4.69) is 33.2 Å². The van der Waals surface area contributed by atoms with Gasteiger partial charge in [0.25, 0.3) is 5.91 Å². The van der Waals surface area contributed by atoms with E-state index >= 15 is 0 Å². The molecule has 1 fully saturated rings. The molecule has 0 unspecified atom stereocenters.